The van der Waals surface area contributed by atoms with Gasteiger partial charge in [0.15, 0.2) is 0 Å². The predicted molar refractivity (Wildman–Crippen MR) is 63.6 cm³/mol. The summed E-state index contributed by atoms with van der Waals surface area (Å²) in [7, 11) is 0. The van der Waals surface area contributed by atoms with Crippen LogP contribution in [0.3, 0.4) is 0 Å². The lowest BCUT2D eigenvalue weighted by molar-refractivity contribution is 0.0937. The average molecular weight is 228 g/mol. The molecule has 2 heterocycles. The number of amides is 1. The Hall–Kier alpha value is -2.30. The van der Waals surface area contributed by atoms with Gasteiger partial charge < -0.3 is 10.6 Å². The molecule has 0 spiro atoms. The number of nitrogens with one attached hydrogen (secondary N) is 3. The summed E-state index contributed by atoms with van der Waals surface area (Å²) in [5, 5.41) is 12.6. The summed E-state index contributed by atoms with van der Waals surface area (Å²) in [6, 6.07) is 9.70. The van der Waals surface area contributed by atoms with Crippen LogP contribution in [0.2, 0.25) is 0 Å². The number of hydrogen-bond donors (Lipinski definition) is 3. The molecular weight excluding hydrogens is 216 g/mol. The molecule has 2 aromatic rings. The zero-order chi connectivity index (χ0) is 11.7. The van der Waals surface area contributed by atoms with Crippen molar-refractivity contribution < 1.29 is 4.79 Å². The van der Waals surface area contributed by atoms with Crippen molar-refractivity contribution in [3.05, 3.63) is 47.8 Å². The molecule has 1 aromatic carbocycles. The van der Waals surface area contributed by atoms with E-state index in [0.717, 1.165) is 12.1 Å². The van der Waals surface area contributed by atoms with Crippen LogP contribution in [0.25, 0.3) is 0 Å². The third kappa shape index (κ3) is 1.87. The van der Waals surface area contributed by atoms with Crippen LogP contribution in [-0.4, -0.2) is 22.3 Å². The molecule has 1 aliphatic heterocycles. The number of carbonyl (C=O) groups excluding carboxylic acids is 1. The lowest BCUT2D eigenvalue weighted by Crippen LogP contribution is -2.39. The lowest BCUT2D eigenvalue weighted by Gasteiger charge is -2.12. The predicted octanol–water partition coefficient (Wildman–Crippen LogP) is 1.13. The van der Waals surface area contributed by atoms with Gasteiger partial charge in [0.2, 0.25) is 0 Å². The standard InChI is InChI=1S/C12H12N4O/c17-12(10-5-6-13-16-10)15-11-7-8-3-1-2-4-9(8)14-11/h1-6,11,14H,7H2,(H,13,16)(H,15,17). The Morgan fingerprint density at radius 2 is 2.24 bits per heavy atom. The van der Waals surface area contributed by atoms with E-state index in [1.165, 1.54) is 5.56 Å². The zero-order valence-electron chi connectivity index (χ0n) is 9.10. The van der Waals surface area contributed by atoms with Gasteiger partial charge in [-0.1, -0.05) is 18.2 Å². The Bertz CT molecular complexity index is 510. The first-order valence-electron chi connectivity index (χ1n) is 5.47. The van der Waals surface area contributed by atoms with Gasteiger partial charge in [-0.05, 0) is 17.7 Å². The molecule has 0 bridgehead atoms. The van der Waals surface area contributed by atoms with Gasteiger partial charge in [0, 0.05) is 18.3 Å². The highest BCUT2D eigenvalue weighted by atomic mass is 16.2. The topological polar surface area (TPSA) is 69.8 Å². The first kappa shape index (κ1) is 9.89. The number of carbonyl (C=O) groups is 1. The summed E-state index contributed by atoms with van der Waals surface area (Å²) in [5.74, 6) is -0.146. The highest BCUT2D eigenvalue weighted by molar-refractivity contribution is 5.92. The van der Waals surface area contributed by atoms with Gasteiger partial charge >= 0.3 is 0 Å². The van der Waals surface area contributed by atoms with Crippen molar-refractivity contribution in [2.24, 2.45) is 0 Å². The van der Waals surface area contributed by atoms with Gasteiger partial charge in [-0.3, -0.25) is 9.89 Å². The second kappa shape index (κ2) is 3.93. The van der Waals surface area contributed by atoms with Gasteiger partial charge in [0.25, 0.3) is 5.91 Å². The minimum Gasteiger partial charge on any atom is -0.365 e. The molecule has 1 aliphatic rings. The Balaban J connectivity index is 1.68. The molecule has 0 fully saturated rings. The van der Waals surface area contributed by atoms with Crippen molar-refractivity contribution in [1.29, 1.82) is 0 Å². The number of para-hydroxylation sites is 1. The third-order valence-electron chi connectivity index (χ3n) is 2.82. The molecule has 86 valence electrons. The van der Waals surface area contributed by atoms with Gasteiger partial charge in [0.1, 0.15) is 11.9 Å². The SMILES string of the molecule is O=C(NC1Cc2ccccc2N1)c1ccn[nH]1. The number of aromatic nitrogens is 2. The molecule has 3 N–H and O–H groups in total. The van der Waals surface area contributed by atoms with E-state index in [-0.39, 0.29) is 12.1 Å². The molecule has 17 heavy (non-hydrogen) atoms. The van der Waals surface area contributed by atoms with E-state index in [2.05, 4.69) is 26.9 Å². The summed E-state index contributed by atoms with van der Waals surface area (Å²) < 4.78 is 0. The first-order valence-corrected chi connectivity index (χ1v) is 5.47. The molecule has 0 saturated heterocycles. The first-order chi connectivity index (χ1) is 8.33. The van der Waals surface area contributed by atoms with Gasteiger partial charge in [0.05, 0.1) is 0 Å². The van der Waals surface area contributed by atoms with Crippen LogP contribution in [-0.2, 0) is 6.42 Å². The average Bonchev–Trinajstić information content (AvgIpc) is 2.97. The molecule has 1 unspecified atom stereocenters. The maximum Gasteiger partial charge on any atom is 0.270 e. The highest BCUT2D eigenvalue weighted by Gasteiger charge is 2.22. The van der Waals surface area contributed by atoms with Crippen LogP contribution >= 0.6 is 0 Å². The van der Waals surface area contributed by atoms with Crippen LogP contribution in [0.4, 0.5) is 5.69 Å². The van der Waals surface area contributed by atoms with Crippen LogP contribution in [0.15, 0.2) is 36.5 Å². The number of H-pyrrole nitrogens is 1. The minimum atomic E-state index is -0.146. The van der Waals surface area contributed by atoms with Crippen molar-refractivity contribution in [2.75, 3.05) is 5.32 Å². The Labute approximate surface area is 98.2 Å². The lowest BCUT2D eigenvalue weighted by atomic mass is 10.1. The molecule has 0 saturated carbocycles. The molecule has 5 nitrogen and oxygen atoms in total. The monoisotopic (exact) mass is 228 g/mol. The van der Waals surface area contributed by atoms with Crippen LogP contribution < -0.4 is 10.6 Å². The van der Waals surface area contributed by atoms with E-state index in [4.69, 9.17) is 0 Å². The summed E-state index contributed by atoms with van der Waals surface area (Å²) in [6.45, 7) is 0. The summed E-state index contributed by atoms with van der Waals surface area (Å²) >= 11 is 0. The summed E-state index contributed by atoms with van der Waals surface area (Å²) in [4.78, 5) is 11.8. The van der Waals surface area contributed by atoms with Crippen molar-refractivity contribution in [3.63, 3.8) is 0 Å². The molecule has 1 atom stereocenters. The van der Waals surface area contributed by atoms with Gasteiger partial charge in [-0.2, -0.15) is 5.10 Å². The van der Waals surface area contributed by atoms with Crippen molar-refractivity contribution in [3.8, 4) is 0 Å². The summed E-state index contributed by atoms with van der Waals surface area (Å²) in [5.41, 5.74) is 2.78. The fourth-order valence-electron chi connectivity index (χ4n) is 2.00. The highest BCUT2D eigenvalue weighted by Crippen LogP contribution is 2.23. The normalized spacial score (nSPS) is 17.3. The number of nitrogens with zero attached hydrogens (tertiary/aromatic N) is 1. The number of hydrogen-bond acceptors (Lipinski definition) is 3. The number of aromatic amines is 1. The molecule has 0 radical (unpaired) electrons. The van der Waals surface area contributed by atoms with E-state index in [9.17, 15) is 4.79 Å². The van der Waals surface area contributed by atoms with E-state index in [1.54, 1.807) is 12.3 Å². The quantitative estimate of drug-likeness (QED) is 0.721. The van der Waals surface area contributed by atoms with Crippen molar-refractivity contribution in [1.82, 2.24) is 15.5 Å². The van der Waals surface area contributed by atoms with Crippen LogP contribution in [0.1, 0.15) is 16.1 Å². The van der Waals surface area contributed by atoms with E-state index in [0.29, 0.717) is 5.69 Å². The number of benzene rings is 1. The van der Waals surface area contributed by atoms with E-state index in [1.807, 2.05) is 18.2 Å². The summed E-state index contributed by atoms with van der Waals surface area (Å²) in [6.07, 6.45) is 2.31. The molecule has 3 rings (SSSR count). The van der Waals surface area contributed by atoms with Crippen LogP contribution in [0, 0.1) is 0 Å². The van der Waals surface area contributed by atoms with Gasteiger partial charge in [-0.15, -0.1) is 0 Å². The fourth-order valence-corrected chi connectivity index (χ4v) is 2.00. The van der Waals surface area contributed by atoms with Crippen LogP contribution in [0.5, 0.6) is 0 Å². The largest absolute Gasteiger partial charge is 0.365 e. The smallest absolute Gasteiger partial charge is 0.270 e. The molecular formula is C12H12N4O. The number of anilines is 1. The Morgan fingerprint density at radius 1 is 1.35 bits per heavy atom. The third-order valence-corrected chi connectivity index (χ3v) is 2.82. The zero-order valence-corrected chi connectivity index (χ0v) is 9.10. The van der Waals surface area contributed by atoms with E-state index >= 15 is 0 Å². The molecule has 0 aliphatic carbocycles. The number of fused-ring (bicyclic) bond motifs is 1. The van der Waals surface area contributed by atoms with Gasteiger partial charge in [-0.25, -0.2) is 0 Å². The van der Waals surface area contributed by atoms with E-state index < -0.39 is 0 Å². The second-order valence-corrected chi connectivity index (χ2v) is 4.00. The second-order valence-electron chi connectivity index (χ2n) is 4.00. The molecule has 1 amide bonds. The number of rotatable bonds is 2. The molecule has 5 heteroatoms. The maximum atomic E-state index is 11.8. The maximum absolute atomic E-state index is 11.8. The Morgan fingerprint density at radius 3 is 3.00 bits per heavy atom. The van der Waals surface area contributed by atoms with Crippen molar-refractivity contribution in [2.45, 2.75) is 12.6 Å². The minimum absolute atomic E-state index is 0.0526. The van der Waals surface area contributed by atoms with Crippen molar-refractivity contribution >= 4 is 11.6 Å². The molecule has 1 aromatic heterocycles. The Kier molecular flexibility index (Phi) is 2.29. The fraction of sp³-hybridized carbons (Fsp3) is 0.167.